The molecule has 6 aromatic rings. The lowest BCUT2D eigenvalue weighted by Crippen LogP contribution is -3.00. The maximum Gasteiger partial charge on any atom is 0.266 e. The van der Waals surface area contributed by atoms with Gasteiger partial charge in [-0.2, -0.15) is 0 Å². The molecule has 6 aromatic carbocycles. The smallest absolute Gasteiger partial charge is 0.266 e. The van der Waals surface area contributed by atoms with E-state index in [2.05, 4.69) is 84.9 Å². The molecule has 0 saturated heterocycles. The maximum atomic E-state index is 13.6. The number of para-hydroxylation sites is 1. The van der Waals surface area contributed by atoms with Crippen LogP contribution in [0.4, 0.5) is 5.69 Å². The van der Waals surface area contributed by atoms with E-state index in [1.54, 1.807) is 18.2 Å². The molecule has 0 atom stereocenters. The van der Waals surface area contributed by atoms with Crippen LogP contribution in [0, 0.1) is 0 Å². The predicted molar refractivity (Wildman–Crippen MR) is 175 cm³/mol. The predicted octanol–water partition coefficient (Wildman–Crippen LogP) is 3.90. The number of halogens is 1. The van der Waals surface area contributed by atoms with Gasteiger partial charge in [0.25, 0.3) is 11.8 Å². The Labute approximate surface area is 267 Å². The van der Waals surface area contributed by atoms with Crippen molar-refractivity contribution >= 4 is 46.0 Å². The van der Waals surface area contributed by atoms with Gasteiger partial charge >= 0.3 is 0 Å². The zero-order valence-electron chi connectivity index (χ0n) is 23.6. The molecule has 0 fully saturated rings. The van der Waals surface area contributed by atoms with Crippen LogP contribution in [-0.4, -0.2) is 11.8 Å². The second-order valence-corrected chi connectivity index (χ2v) is 13.7. The lowest BCUT2D eigenvalue weighted by Gasteiger charge is -2.28. The van der Waals surface area contributed by atoms with E-state index in [-0.39, 0.29) is 28.8 Å². The van der Waals surface area contributed by atoms with Crippen molar-refractivity contribution in [3.05, 3.63) is 175 Å². The van der Waals surface area contributed by atoms with Gasteiger partial charge in [0, 0.05) is 0 Å². The summed E-state index contributed by atoms with van der Waals surface area (Å²) in [6.07, 6.45) is 0. The molecule has 0 N–H and O–H groups in total. The van der Waals surface area contributed by atoms with E-state index < -0.39 is 7.26 Å². The first-order valence-electron chi connectivity index (χ1n) is 14.1. The minimum Gasteiger partial charge on any atom is -1.00 e. The molecule has 2 amide bonds. The van der Waals surface area contributed by atoms with Gasteiger partial charge in [0.1, 0.15) is 40.0 Å². The quantitative estimate of drug-likeness (QED) is 0.194. The highest BCUT2D eigenvalue weighted by Gasteiger charge is 2.48. The molecule has 1 aliphatic rings. The van der Waals surface area contributed by atoms with Gasteiger partial charge in [-0.05, 0) is 91.0 Å². The summed E-state index contributed by atoms with van der Waals surface area (Å²) in [7, 11) is -2.29. The Morgan fingerprint density at radius 2 is 0.864 bits per heavy atom. The van der Waals surface area contributed by atoms with Crippen molar-refractivity contribution in [1.29, 1.82) is 0 Å². The highest BCUT2D eigenvalue weighted by Crippen LogP contribution is 2.54. The van der Waals surface area contributed by atoms with Crippen LogP contribution in [0.2, 0.25) is 0 Å². The van der Waals surface area contributed by atoms with Crippen molar-refractivity contribution in [3.63, 3.8) is 0 Å². The Morgan fingerprint density at radius 1 is 0.432 bits per heavy atom. The molecule has 4 nitrogen and oxygen atoms in total. The number of imide groups is 1. The Kier molecular flexibility index (Phi) is 8.25. The SMILES string of the molecule is O=C1c2ccc(Oc3ccccc3)cc2C(=O)N1c1ccc([P+](c2ccccc2)(c2ccccc2)c2ccccc2)cc1.[Br-]. The standard InChI is InChI=1S/C38H27NO3P.BrH/c40-37-35-26-23-30(42-29-13-5-1-6-14-29)27-36(35)38(41)39(37)28-21-24-34(25-22-28)43(31-15-7-2-8-16-31,32-17-9-3-10-18-32)33-19-11-4-12-20-33;/h1-27H;1H/q+1;/p-1. The monoisotopic (exact) mass is 655 g/mol. The largest absolute Gasteiger partial charge is 1.00 e. The average Bonchev–Trinajstić information content (AvgIpc) is 3.32. The summed E-state index contributed by atoms with van der Waals surface area (Å²) in [5, 5.41) is 4.82. The van der Waals surface area contributed by atoms with Crippen LogP contribution in [0.5, 0.6) is 11.5 Å². The molecular formula is C38H27BrNO3P. The van der Waals surface area contributed by atoms with Crippen LogP contribution < -0.4 is 47.8 Å². The van der Waals surface area contributed by atoms with Crippen molar-refractivity contribution in [2.24, 2.45) is 0 Å². The number of carbonyl (C=O) groups excluding carboxylic acids is 2. The highest BCUT2D eigenvalue weighted by atomic mass is 79.9. The molecule has 7 rings (SSSR count). The van der Waals surface area contributed by atoms with Crippen LogP contribution in [-0.2, 0) is 0 Å². The van der Waals surface area contributed by atoms with Gasteiger partial charge in [-0.25, -0.2) is 4.90 Å². The lowest BCUT2D eigenvalue weighted by atomic mass is 10.1. The van der Waals surface area contributed by atoms with E-state index in [1.807, 2.05) is 60.7 Å². The van der Waals surface area contributed by atoms with Gasteiger partial charge in [0.2, 0.25) is 0 Å². The summed E-state index contributed by atoms with van der Waals surface area (Å²) in [5.41, 5.74) is 1.24. The number of amides is 2. The number of rotatable bonds is 7. The van der Waals surface area contributed by atoms with Crippen molar-refractivity contribution in [3.8, 4) is 11.5 Å². The number of nitrogens with zero attached hydrogens (tertiary/aromatic N) is 1. The fraction of sp³-hybridized carbons (Fsp3) is 0. The molecule has 0 radical (unpaired) electrons. The van der Waals surface area contributed by atoms with Crippen molar-refractivity contribution in [2.75, 3.05) is 4.90 Å². The first kappa shape index (κ1) is 29.3. The second-order valence-electron chi connectivity index (χ2n) is 10.3. The minimum absolute atomic E-state index is 0. The van der Waals surface area contributed by atoms with E-state index >= 15 is 0 Å². The number of ether oxygens (including phenoxy) is 1. The molecule has 1 heterocycles. The summed E-state index contributed by atoms with van der Waals surface area (Å²) in [5.74, 6) is 0.468. The molecule has 1 aliphatic heterocycles. The van der Waals surface area contributed by atoms with Crippen LogP contribution >= 0.6 is 7.26 Å². The third-order valence-corrected chi connectivity index (χ3v) is 12.1. The molecule has 0 aliphatic carbocycles. The van der Waals surface area contributed by atoms with Crippen LogP contribution in [0.25, 0.3) is 0 Å². The van der Waals surface area contributed by atoms with Crippen LogP contribution in [0.3, 0.4) is 0 Å². The number of fused-ring (bicyclic) bond motifs is 1. The van der Waals surface area contributed by atoms with Crippen molar-refractivity contribution in [1.82, 2.24) is 0 Å². The molecule has 0 aromatic heterocycles. The van der Waals surface area contributed by atoms with E-state index in [0.717, 1.165) is 5.30 Å². The van der Waals surface area contributed by atoms with E-state index in [4.69, 9.17) is 4.74 Å². The molecule has 0 bridgehead atoms. The average molecular weight is 657 g/mol. The Balaban J connectivity index is 0.00000343. The summed E-state index contributed by atoms with van der Waals surface area (Å²) < 4.78 is 5.93. The molecular weight excluding hydrogens is 629 g/mol. The second kappa shape index (κ2) is 12.4. The summed E-state index contributed by atoms with van der Waals surface area (Å²) >= 11 is 0. The third kappa shape index (κ3) is 5.05. The fourth-order valence-corrected chi connectivity index (χ4v) is 10.1. The first-order chi connectivity index (χ1) is 21.2. The number of hydrogen-bond donors (Lipinski definition) is 0. The van der Waals surface area contributed by atoms with Gasteiger partial charge in [-0.15, -0.1) is 0 Å². The van der Waals surface area contributed by atoms with Crippen LogP contribution in [0.1, 0.15) is 20.7 Å². The topological polar surface area (TPSA) is 46.6 Å². The number of hydrogen-bond acceptors (Lipinski definition) is 3. The zero-order valence-corrected chi connectivity index (χ0v) is 26.1. The first-order valence-corrected chi connectivity index (χ1v) is 15.9. The normalized spacial score (nSPS) is 12.4. The van der Waals surface area contributed by atoms with Gasteiger partial charge in [0.15, 0.2) is 0 Å². The molecule has 44 heavy (non-hydrogen) atoms. The van der Waals surface area contributed by atoms with E-state index in [1.165, 1.54) is 20.8 Å². The number of anilines is 1. The number of carbonyl (C=O) groups is 2. The van der Waals surface area contributed by atoms with Crippen LogP contribution in [0.15, 0.2) is 164 Å². The van der Waals surface area contributed by atoms with Crippen molar-refractivity contribution in [2.45, 2.75) is 0 Å². The van der Waals surface area contributed by atoms with E-state index in [9.17, 15) is 9.59 Å². The number of benzene rings is 6. The Morgan fingerprint density at radius 3 is 1.36 bits per heavy atom. The Hall–Kier alpha value is -4.83. The molecule has 0 unspecified atom stereocenters. The highest BCUT2D eigenvalue weighted by molar-refractivity contribution is 8.01. The summed E-state index contributed by atoms with van der Waals surface area (Å²) in [6, 6.07) is 54.1. The lowest BCUT2D eigenvalue weighted by molar-refractivity contribution is -0.0000251. The Bertz CT molecular complexity index is 1820. The van der Waals surface area contributed by atoms with Gasteiger partial charge in [-0.3, -0.25) is 9.59 Å². The summed E-state index contributed by atoms with van der Waals surface area (Å²) in [6.45, 7) is 0. The van der Waals surface area contributed by atoms with Crippen molar-refractivity contribution < 1.29 is 31.3 Å². The molecule has 6 heteroatoms. The zero-order chi connectivity index (χ0) is 29.2. The molecule has 214 valence electrons. The maximum absolute atomic E-state index is 13.6. The van der Waals surface area contributed by atoms with Gasteiger partial charge in [0.05, 0.1) is 16.8 Å². The summed E-state index contributed by atoms with van der Waals surface area (Å²) in [4.78, 5) is 28.4. The molecule has 0 spiro atoms. The molecule has 0 saturated carbocycles. The minimum atomic E-state index is -2.29. The van der Waals surface area contributed by atoms with E-state index in [0.29, 0.717) is 28.3 Å². The van der Waals surface area contributed by atoms with Gasteiger partial charge < -0.3 is 21.7 Å². The third-order valence-electron chi connectivity index (χ3n) is 7.76. The van der Waals surface area contributed by atoms with Gasteiger partial charge in [-0.1, -0.05) is 72.8 Å². The fourth-order valence-electron chi connectivity index (χ4n) is 5.82.